The minimum absolute atomic E-state index is 0.788. The van der Waals surface area contributed by atoms with E-state index in [-0.39, 0.29) is 0 Å². The van der Waals surface area contributed by atoms with E-state index in [1.54, 1.807) is 11.3 Å². The first-order chi connectivity index (χ1) is 7.61. The van der Waals surface area contributed by atoms with Crippen LogP contribution < -0.4 is 0 Å². The van der Waals surface area contributed by atoms with Crippen LogP contribution in [0.1, 0.15) is 23.1 Å². The highest BCUT2D eigenvalue weighted by atomic mass is 35.5. The summed E-state index contributed by atoms with van der Waals surface area (Å²) in [5, 5.41) is 1.82. The molecule has 0 aliphatic heterocycles. The molecule has 2 rings (SSSR count). The fraction of sp³-hybridized carbons (Fsp3) is 0.308. The Morgan fingerprint density at radius 1 is 1.31 bits per heavy atom. The van der Waals surface area contributed by atoms with Gasteiger partial charge in [0, 0.05) is 10.4 Å². The van der Waals surface area contributed by atoms with E-state index >= 15 is 0 Å². The number of halogens is 1. The zero-order valence-corrected chi connectivity index (χ0v) is 11.2. The van der Waals surface area contributed by atoms with Gasteiger partial charge in [-0.15, -0.1) is 11.3 Å². The van der Waals surface area contributed by atoms with Crippen LogP contribution in [0.4, 0.5) is 0 Å². The van der Waals surface area contributed by atoms with Crippen molar-refractivity contribution in [3.63, 3.8) is 0 Å². The van der Waals surface area contributed by atoms with E-state index in [1.165, 1.54) is 10.4 Å². The Kier molecular flexibility index (Phi) is 3.31. The monoisotopic (exact) mass is 251 g/mol. The molecule has 0 bridgehead atoms. The lowest BCUT2D eigenvalue weighted by atomic mass is 10.1. The van der Waals surface area contributed by atoms with Crippen molar-refractivity contribution in [2.75, 3.05) is 0 Å². The molecule has 0 aliphatic rings. The number of nitrogens with zero attached hydrogens (tertiary/aromatic N) is 1. The first-order valence-electron chi connectivity index (χ1n) is 5.34. The average molecular weight is 252 g/mol. The molecule has 2 aromatic rings. The van der Waals surface area contributed by atoms with Crippen LogP contribution >= 0.6 is 22.9 Å². The molecule has 0 spiro atoms. The van der Waals surface area contributed by atoms with Gasteiger partial charge in [-0.25, -0.2) is 4.98 Å². The second-order valence-corrected chi connectivity index (χ2v) is 5.36. The molecule has 0 radical (unpaired) electrons. The Morgan fingerprint density at radius 2 is 2.06 bits per heavy atom. The van der Waals surface area contributed by atoms with Crippen molar-refractivity contribution >= 4 is 22.9 Å². The molecule has 0 saturated heterocycles. The normalized spacial score (nSPS) is 10.8. The highest BCUT2D eigenvalue weighted by Crippen LogP contribution is 2.33. The van der Waals surface area contributed by atoms with Gasteiger partial charge in [-0.3, -0.25) is 0 Å². The van der Waals surface area contributed by atoms with Crippen LogP contribution in [-0.4, -0.2) is 4.98 Å². The summed E-state index contributed by atoms with van der Waals surface area (Å²) in [7, 11) is 0. The van der Waals surface area contributed by atoms with Gasteiger partial charge in [0.05, 0.1) is 10.7 Å². The second-order valence-electron chi connectivity index (χ2n) is 3.86. The minimum atomic E-state index is 0.788. The van der Waals surface area contributed by atoms with Crippen LogP contribution in [0.3, 0.4) is 0 Å². The predicted molar refractivity (Wildman–Crippen MR) is 71.4 cm³/mol. The lowest BCUT2D eigenvalue weighted by Gasteiger charge is -2.01. The molecule has 0 unspecified atom stereocenters. The third-order valence-electron chi connectivity index (χ3n) is 2.57. The molecular weight excluding hydrogens is 238 g/mol. The lowest BCUT2D eigenvalue weighted by molar-refractivity contribution is 1.11. The number of thiazole rings is 1. The summed E-state index contributed by atoms with van der Waals surface area (Å²) in [6.07, 6.45) is 1.03. The first kappa shape index (κ1) is 11.6. The third-order valence-corrected chi connectivity index (χ3v) is 4.22. The molecule has 0 aliphatic carbocycles. The molecular formula is C13H14ClNS. The average Bonchev–Trinajstić information content (AvgIpc) is 2.59. The van der Waals surface area contributed by atoms with Crippen molar-refractivity contribution in [3.05, 3.63) is 39.4 Å². The van der Waals surface area contributed by atoms with Crippen molar-refractivity contribution in [2.24, 2.45) is 0 Å². The van der Waals surface area contributed by atoms with E-state index < -0.39 is 0 Å². The fourth-order valence-corrected chi connectivity index (χ4v) is 3.09. The molecule has 3 heteroatoms. The Labute approximate surface area is 105 Å². The van der Waals surface area contributed by atoms with Crippen molar-refractivity contribution < 1.29 is 0 Å². The van der Waals surface area contributed by atoms with E-state index in [1.807, 2.05) is 13.0 Å². The number of aryl methyl sites for hydroxylation is 3. The maximum Gasteiger partial charge on any atom is 0.125 e. The molecule has 1 nitrogen and oxygen atoms in total. The highest BCUT2D eigenvalue weighted by molar-refractivity contribution is 7.15. The van der Waals surface area contributed by atoms with E-state index in [9.17, 15) is 0 Å². The fourth-order valence-electron chi connectivity index (χ4n) is 1.66. The van der Waals surface area contributed by atoms with Gasteiger partial charge in [-0.1, -0.05) is 30.7 Å². The molecule has 0 saturated carbocycles. The van der Waals surface area contributed by atoms with Crippen LogP contribution in [-0.2, 0) is 6.42 Å². The quantitative estimate of drug-likeness (QED) is 0.758. The molecule has 0 amide bonds. The van der Waals surface area contributed by atoms with Crippen LogP contribution in [0.2, 0.25) is 5.02 Å². The van der Waals surface area contributed by atoms with Crippen LogP contribution in [0.5, 0.6) is 0 Å². The SMILES string of the molecule is CCc1sc(-c2ccc(C)cc2Cl)nc1C. The lowest BCUT2D eigenvalue weighted by Crippen LogP contribution is -1.81. The molecule has 0 N–H and O–H groups in total. The van der Waals surface area contributed by atoms with Gasteiger partial charge < -0.3 is 0 Å². The third kappa shape index (κ3) is 2.13. The number of benzene rings is 1. The van der Waals surface area contributed by atoms with E-state index in [0.717, 1.165) is 27.7 Å². The number of hydrogen-bond acceptors (Lipinski definition) is 2. The van der Waals surface area contributed by atoms with Gasteiger partial charge in [-0.05, 0) is 31.9 Å². The smallest absolute Gasteiger partial charge is 0.125 e. The summed E-state index contributed by atoms with van der Waals surface area (Å²) in [4.78, 5) is 5.92. The van der Waals surface area contributed by atoms with Gasteiger partial charge in [-0.2, -0.15) is 0 Å². The molecule has 0 atom stereocenters. The largest absolute Gasteiger partial charge is 0.241 e. The molecule has 16 heavy (non-hydrogen) atoms. The standard InChI is InChI=1S/C13H14ClNS/c1-4-12-9(3)15-13(16-12)10-6-5-8(2)7-11(10)14/h5-7H,4H2,1-3H3. The highest BCUT2D eigenvalue weighted by Gasteiger charge is 2.10. The van der Waals surface area contributed by atoms with E-state index in [2.05, 4.69) is 31.0 Å². The summed E-state index contributed by atoms with van der Waals surface area (Å²) in [6.45, 7) is 6.25. The summed E-state index contributed by atoms with van der Waals surface area (Å²) in [6, 6.07) is 6.11. The van der Waals surface area contributed by atoms with Gasteiger partial charge in [0.1, 0.15) is 5.01 Å². The predicted octanol–water partition coefficient (Wildman–Crippen LogP) is 4.64. The summed E-state index contributed by atoms with van der Waals surface area (Å²) < 4.78 is 0. The van der Waals surface area contributed by atoms with Crippen LogP contribution in [0, 0.1) is 13.8 Å². The molecule has 1 aromatic carbocycles. The second kappa shape index (κ2) is 4.56. The zero-order chi connectivity index (χ0) is 11.7. The van der Waals surface area contributed by atoms with E-state index in [4.69, 9.17) is 11.6 Å². The zero-order valence-electron chi connectivity index (χ0n) is 9.67. The maximum absolute atomic E-state index is 6.24. The Morgan fingerprint density at radius 3 is 2.62 bits per heavy atom. The number of rotatable bonds is 2. The van der Waals surface area contributed by atoms with Crippen LogP contribution in [0.25, 0.3) is 10.6 Å². The molecule has 1 heterocycles. The van der Waals surface area contributed by atoms with Gasteiger partial charge in [0.25, 0.3) is 0 Å². The summed E-state index contributed by atoms with van der Waals surface area (Å²) >= 11 is 7.97. The van der Waals surface area contributed by atoms with Gasteiger partial charge in [0.15, 0.2) is 0 Å². The van der Waals surface area contributed by atoms with Gasteiger partial charge >= 0.3 is 0 Å². The van der Waals surface area contributed by atoms with Crippen molar-refractivity contribution in [2.45, 2.75) is 27.2 Å². The Bertz CT molecular complexity index is 517. The molecule has 0 fully saturated rings. The topological polar surface area (TPSA) is 12.9 Å². The minimum Gasteiger partial charge on any atom is -0.241 e. The number of aromatic nitrogens is 1. The Hall–Kier alpha value is -0.860. The maximum atomic E-state index is 6.24. The summed E-state index contributed by atoms with van der Waals surface area (Å²) in [5.74, 6) is 0. The molecule has 84 valence electrons. The van der Waals surface area contributed by atoms with Gasteiger partial charge in [0.2, 0.25) is 0 Å². The number of hydrogen-bond donors (Lipinski definition) is 0. The van der Waals surface area contributed by atoms with Crippen LogP contribution in [0.15, 0.2) is 18.2 Å². The van der Waals surface area contributed by atoms with Crippen molar-refractivity contribution in [1.29, 1.82) is 0 Å². The first-order valence-corrected chi connectivity index (χ1v) is 6.54. The van der Waals surface area contributed by atoms with Crippen molar-refractivity contribution in [1.82, 2.24) is 4.98 Å². The summed E-state index contributed by atoms with van der Waals surface area (Å²) in [5.41, 5.74) is 3.34. The van der Waals surface area contributed by atoms with E-state index in [0.29, 0.717) is 0 Å². The molecule has 1 aromatic heterocycles. The van der Waals surface area contributed by atoms with Crippen molar-refractivity contribution in [3.8, 4) is 10.6 Å². The Balaban J connectivity index is 2.50.